The third-order valence-electron chi connectivity index (χ3n) is 1.61. The number of hydrogen-bond acceptors (Lipinski definition) is 2. The van der Waals surface area contributed by atoms with Gasteiger partial charge in [-0.25, -0.2) is 4.98 Å². The molecule has 0 spiro atoms. The highest BCUT2D eigenvalue weighted by Crippen LogP contribution is 2.34. The van der Waals surface area contributed by atoms with Crippen molar-refractivity contribution in [2.24, 2.45) is 0 Å². The molecule has 1 heterocycles. The summed E-state index contributed by atoms with van der Waals surface area (Å²) in [5.41, 5.74) is 1.76. The molecule has 1 aromatic heterocycles. The van der Waals surface area contributed by atoms with Crippen molar-refractivity contribution in [3.05, 3.63) is 39.1 Å². The first-order chi connectivity index (χ1) is 6.27. The number of nitrogens with zero attached hydrogens (tertiary/aromatic N) is 1. The van der Waals surface area contributed by atoms with Crippen LogP contribution in [0.25, 0.3) is 11.3 Å². The summed E-state index contributed by atoms with van der Waals surface area (Å²) in [4.78, 5) is 4.13. The van der Waals surface area contributed by atoms with Crippen molar-refractivity contribution in [3.8, 4) is 11.3 Å². The first-order valence-electron chi connectivity index (χ1n) is 3.64. The van der Waals surface area contributed by atoms with Crippen LogP contribution in [0.3, 0.4) is 0 Å². The van der Waals surface area contributed by atoms with E-state index in [-0.39, 0.29) is 0 Å². The molecule has 0 aliphatic rings. The van der Waals surface area contributed by atoms with Crippen LogP contribution in [-0.4, -0.2) is 4.98 Å². The molecule has 0 bridgehead atoms. The lowest BCUT2D eigenvalue weighted by atomic mass is 10.2. The molecule has 0 unspecified atom stereocenters. The van der Waals surface area contributed by atoms with E-state index in [4.69, 9.17) is 23.2 Å². The smallest absolute Gasteiger partial charge is 0.185 e. The average molecular weight is 230 g/mol. The Balaban J connectivity index is 2.53. The molecule has 13 heavy (non-hydrogen) atoms. The summed E-state index contributed by atoms with van der Waals surface area (Å²) in [5.74, 6) is 0. The fourth-order valence-electron chi connectivity index (χ4n) is 1.05. The van der Waals surface area contributed by atoms with E-state index in [0.717, 1.165) is 11.3 Å². The Morgan fingerprint density at radius 2 is 1.77 bits per heavy atom. The van der Waals surface area contributed by atoms with Crippen LogP contribution in [0.2, 0.25) is 8.80 Å². The zero-order valence-corrected chi connectivity index (χ0v) is 8.83. The highest BCUT2D eigenvalue weighted by atomic mass is 35.5. The summed E-state index contributed by atoms with van der Waals surface area (Å²) in [6.45, 7) is 0. The number of hydrogen-bond donors (Lipinski definition) is 0. The minimum Gasteiger partial charge on any atom is -0.223 e. The molecule has 66 valence electrons. The second kappa shape index (κ2) is 3.66. The Morgan fingerprint density at radius 3 is 2.31 bits per heavy atom. The molecule has 1 aromatic carbocycles. The van der Waals surface area contributed by atoms with Crippen LogP contribution in [0.4, 0.5) is 0 Å². The molecule has 0 aliphatic carbocycles. The maximum absolute atomic E-state index is 5.95. The van der Waals surface area contributed by atoms with Gasteiger partial charge in [0.05, 0.1) is 0 Å². The Kier molecular flexibility index (Phi) is 2.54. The predicted molar refractivity (Wildman–Crippen MR) is 57.6 cm³/mol. The number of aromatic nitrogens is 1. The number of halogens is 2. The molecule has 0 atom stereocenters. The van der Waals surface area contributed by atoms with E-state index in [0.29, 0.717) is 8.80 Å². The molecular weight excluding hydrogens is 225 g/mol. The normalized spacial score (nSPS) is 10.3. The van der Waals surface area contributed by atoms with Crippen molar-refractivity contribution < 1.29 is 0 Å². The third-order valence-corrected chi connectivity index (χ3v) is 2.97. The first-order valence-corrected chi connectivity index (χ1v) is 5.22. The average Bonchev–Trinajstić information content (AvgIpc) is 2.47. The van der Waals surface area contributed by atoms with Gasteiger partial charge >= 0.3 is 0 Å². The van der Waals surface area contributed by atoms with Gasteiger partial charge in [0.1, 0.15) is 10.0 Å². The number of benzene rings is 1. The largest absolute Gasteiger partial charge is 0.223 e. The van der Waals surface area contributed by atoms with Crippen LogP contribution in [-0.2, 0) is 0 Å². The second-order valence-corrected chi connectivity index (χ2v) is 4.64. The fraction of sp³-hybridized carbons (Fsp3) is 0. The SMILES string of the molecule is Clc1nc(-c2ccccc2)c(Cl)s1. The van der Waals surface area contributed by atoms with Crippen LogP contribution in [0, 0.1) is 0 Å². The molecule has 2 rings (SSSR count). The van der Waals surface area contributed by atoms with E-state index in [9.17, 15) is 0 Å². The van der Waals surface area contributed by atoms with Gasteiger partial charge in [-0.15, -0.1) is 0 Å². The molecule has 0 radical (unpaired) electrons. The van der Waals surface area contributed by atoms with Gasteiger partial charge in [0.15, 0.2) is 4.47 Å². The van der Waals surface area contributed by atoms with Crippen LogP contribution in [0.1, 0.15) is 0 Å². The van der Waals surface area contributed by atoms with Crippen LogP contribution in [0.5, 0.6) is 0 Å². The molecule has 0 amide bonds. The van der Waals surface area contributed by atoms with Crippen molar-refractivity contribution >= 4 is 34.5 Å². The van der Waals surface area contributed by atoms with Gasteiger partial charge in [-0.05, 0) is 0 Å². The molecule has 2 aromatic rings. The van der Waals surface area contributed by atoms with Gasteiger partial charge in [-0.3, -0.25) is 0 Å². The van der Waals surface area contributed by atoms with Crippen molar-refractivity contribution in [2.45, 2.75) is 0 Å². The molecule has 0 saturated carbocycles. The van der Waals surface area contributed by atoms with Crippen LogP contribution >= 0.6 is 34.5 Å². The molecule has 0 saturated heterocycles. The Bertz CT molecular complexity index is 411. The summed E-state index contributed by atoms with van der Waals surface area (Å²) < 4.78 is 1.11. The van der Waals surface area contributed by atoms with E-state index in [2.05, 4.69) is 4.98 Å². The minimum absolute atomic E-state index is 0.476. The van der Waals surface area contributed by atoms with E-state index in [1.807, 2.05) is 30.3 Å². The number of rotatable bonds is 1. The lowest BCUT2D eigenvalue weighted by molar-refractivity contribution is 1.41. The maximum Gasteiger partial charge on any atom is 0.185 e. The van der Waals surface area contributed by atoms with Crippen molar-refractivity contribution in [1.82, 2.24) is 4.98 Å². The lowest BCUT2D eigenvalue weighted by Crippen LogP contribution is -1.76. The fourth-order valence-corrected chi connectivity index (χ4v) is 2.40. The maximum atomic E-state index is 5.95. The quantitative estimate of drug-likeness (QED) is 0.718. The summed E-state index contributed by atoms with van der Waals surface area (Å²) in [5, 5.41) is 0. The molecule has 0 fully saturated rings. The zero-order valence-electron chi connectivity index (χ0n) is 6.50. The lowest BCUT2D eigenvalue weighted by Gasteiger charge is -1.94. The van der Waals surface area contributed by atoms with Crippen LogP contribution in [0.15, 0.2) is 30.3 Å². The zero-order chi connectivity index (χ0) is 9.26. The van der Waals surface area contributed by atoms with Gasteiger partial charge in [0, 0.05) is 5.56 Å². The third kappa shape index (κ3) is 1.85. The van der Waals surface area contributed by atoms with Gasteiger partial charge in [0.2, 0.25) is 0 Å². The summed E-state index contributed by atoms with van der Waals surface area (Å²) in [6, 6.07) is 9.75. The van der Waals surface area contributed by atoms with E-state index < -0.39 is 0 Å². The molecule has 0 N–H and O–H groups in total. The highest BCUT2D eigenvalue weighted by molar-refractivity contribution is 7.20. The minimum atomic E-state index is 0.476. The van der Waals surface area contributed by atoms with Gasteiger partial charge in [0.25, 0.3) is 0 Å². The van der Waals surface area contributed by atoms with E-state index in [1.165, 1.54) is 11.3 Å². The summed E-state index contributed by atoms with van der Waals surface area (Å²) in [7, 11) is 0. The van der Waals surface area contributed by atoms with Gasteiger partial charge < -0.3 is 0 Å². The second-order valence-electron chi connectivity index (χ2n) is 2.46. The standard InChI is InChI=1S/C9H5Cl2NS/c10-8-7(12-9(11)13-8)6-4-2-1-3-5-6/h1-5H. The summed E-state index contributed by atoms with van der Waals surface area (Å²) >= 11 is 13.0. The van der Waals surface area contributed by atoms with E-state index in [1.54, 1.807) is 0 Å². The monoisotopic (exact) mass is 229 g/mol. The highest BCUT2D eigenvalue weighted by Gasteiger charge is 2.08. The van der Waals surface area contributed by atoms with Crippen molar-refractivity contribution in [1.29, 1.82) is 0 Å². The Morgan fingerprint density at radius 1 is 1.08 bits per heavy atom. The van der Waals surface area contributed by atoms with E-state index >= 15 is 0 Å². The molecule has 4 heteroatoms. The number of thiazole rings is 1. The van der Waals surface area contributed by atoms with Crippen LogP contribution < -0.4 is 0 Å². The topological polar surface area (TPSA) is 12.9 Å². The molecular formula is C9H5Cl2NS. The molecule has 1 nitrogen and oxygen atoms in total. The molecule has 0 aliphatic heterocycles. The Labute approximate surface area is 90.0 Å². The first kappa shape index (κ1) is 9.00. The van der Waals surface area contributed by atoms with Gasteiger partial charge in [-0.1, -0.05) is 64.9 Å². The predicted octanol–water partition coefficient (Wildman–Crippen LogP) is 4.12. The van der Waals surface area contributed by atoms with Gasteiger partial charge in [-0.2, -0.15) is 0 Å². The van der Waals surface area contributed by atoms with Crippen molar-refractivity contribution in [3.63, 3.8) is 0 Å². The summed E-state index contributed by atoms with van der Waals surface area (Å²) in [6.07, 6.45) is 0. The Hall–Kier alpha value is -0.570. The van der Waals surface area contributed by atoms with Crippen molar-refractivity contribution in [2.75, 3.05) is 0 Å².